The lowest BCUT2D eigenvalue weighted by Crippen LogP contribution is -2.45. The summed E-state index contributed by atoms with van der Waals surface area (Å²) in [6.07, 6.45) is 2.01. The van der Waals surface area contributed by atoms with Crippen molar-refractivity contribution >= 4 is 44.4 Å². The fourth-order valence-corrected chi connectivity index (χ4v) is 2.93. The van der Waals surface area contributed by atoms with Gasteiger partial charge in [0.1, 0.15) is 0 Å². The maximum atomic E-state index is 12.4. The Labute approximate surface area is 123 Å². The molecule has 92 valence electrons. The molecule has 0 radical (unpaired) electrons. The number of nitrogens with two attached hydrogens (primary N) is 1. The van der Waals surface area contributed by atoms with Crippen molar-refractivity contribution in [1.82, 2.24) is 4.90 Å². The molecule has 1 aromatic carbocycles. The lowest BCUT2D eigenvalue weighted by atomic mass is 10.1. The predicted octanol–water partition coefficient (Wildman–Crippen LogP) is 2.62. The van der Waals surface area contributed by atoms with E-state index in [1.54, 1.807) is 0 Å². The first kappa shape index (κ1) is 13.3. The predicted molar refractivity (Wildman–Crippen MR) is 80.0 cm³/mol. The van der Waals surface area contributed by atoms with Crippen LogP contribution in [-0.4, -0.2) is 29.9 Å². The molecule has 1 unspecified atom stereocenters. The van der Waals surface area contributed by atoms with Crippen LogP contribution in [0, 0.1) is 3.57 Å². The van der Waals surface area contributed by atoms with Gasteiger partial charge in [-0.25, -0.2) is 0 Å². The Balaban J connectivity index is 2.21. The highest BCUT2D eigenvalue weighted by Crippen LogP contribution is 2.22. The zero-order valence-electron chi connectivity index (χ0n) is 9.33. The van der Waals surface area contributed by atoms with Crippen molar-refractivity contribution in [1.29, 1.82) is 0 Å². The molecule has 1 saturated heterocycles. The monoisotopic (exact) mass is 408 g/mol. The van der Waals surface area contributed by atoms with E-state index >= 15 is 0 Å². The summed E-state index contributed by atoms with van der Waals surface area (Å²) in [6.45, 7) is 1.47. The lowest BCUT2D eigenvalue weighted by molar-refractivity contribution is 0.0708. The number of carbonyl (C=O) groups is 1. The molecule has 1 amide bonds. The Bertz CT molecular complexity index is 439. The molecule has 3 nitrogen and oxygen atoms in total. The minimum absolute atomic E-state index is 0.0746. The van der Waals surface area contributed by atoms with Gasteiger partial charge >= 0.3 is 0 Å². The van der Waals surface area contributed by atoms with Gasteiger partial charge in [-0.3, -0.25) is 4.79 Å². The van der Waals surface area contributed by atoms with Crippen LogP contribution in [0.25, 0.3) is 0 Å². The number of amides is 1. The molecule has 0 aliphatic carbocycles. The molecular weight excluding hydrogens is 395 g/mol. The van der Waals surface area contributed by atoms with Crippen LogP contribution >= 0.6 is 38.5 Å². The van der Waals surface area contributed by atoms with Gasteiger partial charge in [-0.1, -0.05) is 0 Å². The molecule has 0 aromatic heterocycles. The highest BCUT2D eigenvalue weighted by Gasteiger charge is 2.23. The van der Waals surface area contributed by atoms with E-state index in [1.807, 2.05) is 23.1 Å². The molecule has 1 heterocycles. The van der Waals surface area contributed by atoms with Gasteiger partial charge in [-0.05, 0) is 69.6 Å². The summed E-state index contributed by atoms with van der Waals surface area (Å²) < 4.78 is 1.91. The average molecular weight is 409 g/mol. The van der Waals surface area contributed by atoms with Gasteiger partial charge in [-0.15, -0.1) is 0 Å². The molecule has 2 rings (SSSR count). The fourth-order valence-electron chi connectivity index (χ4n) is 2.03. The molecule has 5 heteroatoms. The van der Waals surface area contributed by atoms with E-state index < -0.39 is 0 Å². The Hall–Kier alpha value is -0.140. The third-order valence-electron chi connectivity index (χ3n) is 2.90. The number of piperidine rings is 1. The van der Waals surface area contributed by atoms with E-state index in [-0.39, 0.29) is 11.9 Å². The third kappa shape index (κ3) is 3.20. The molecule has 1 aliphatic heterocycles. The minimum atomic E-state index is 0.0746. The Morgan fingerprint density at radius 1 is 1.53 bits per heavy atom. The number of likely N-dealkylation sites (tertiary alicyclic amines) is 1. The molecule has 0 saturated carbocycles. The molecule has 1 fully saturated rings. The minimum Gasteiger partial charge on any atom is -0.337 e. The number of nitrogens with zero attached hydrogens (tertiary/aromatic N) is 1. The lowest BCUT2D eigenvalue weighted by Gasteiger charge is -2.31. The smallest absolute Gasteiger partial charge is 0.255 e. The summed E-state index contributed by atoms with van der Waals surface area (Å²) in [5, 5.41) is 0. The van der Waals surface area contributed by atoms with Crippen molar-refractivity contribution in [3.63, 3.8) is 0 Å². The van der Waals surface area contributed by atoms with Gasteiger partial charge in [-0.2, -0.15) is 0 Å². The topological polar surface area (TPSA) is 46.3 Å². The number of benzene rings is 1. The summed E-state index contributed by atoms with van der Waals surface area (Å²) in [6, 6.07) is 5.92. The van der Waals surface area contributed by atoms with Crippen molar-refractivity contribution in [2.24, 2.45) is 5.73 Å². The summed E-state index contributed by atoms with van der Waals surface area (Å²) >= 11 is 5.64. The number of rotatable bonds is 1. The second-order valence-electron chi connectivity index (χ2n) is 4.28. The van der Waals surface area contributed by atoms with E-state index in [0.717, 1.165) is 33.0 Å². The van der Waals surface area contributed by atoms with E-state index in [2.05, 4.69) is 38.5 Å². The van der Waals surface area contributed by atoms with Crippen LogP contribution in [0.4, 0.5) is 0 Å². The number of halogens is 2. The third-order valence-corrected chi connectivity index (χ3v) is 4.27. The summed E-state index contributed by atoms with van der Waals surface area (Å²) in [5.74, 6) is 0.0746. The molecule has 0 spiro atoms. The maximum Gasteiger partial charge on any atom is 0.255 e. The summed E-state index contributed by atoms with van der Waals surface area (Å²) in [4.78, 5) is 14.2. The second-order valence-corrected chi connectivity index (χ2v) is 6.38. The van der Waals surface area contributed by atoms with Crippen molar-refractivity contribution < 1.29 is 4.79 Å². The molecule has 0 bridgehead atoms. The normalized spacial score (nSPS) is 20.4. The fraction of sp³-hybridized carbons (Fsp3) is 0.417. The van der Waals surface area contributed by atoms with Gasteiger partial charge in [0.15, 0.2) is 0 Å². The van der Waals surface area contributed by atoms with Crippen LogP contribution in [0.1, 0.15) is 23.2 Å². The van der Waals surface area contributed by atoms with E-state index in [4.69, 9.17) is 5.73 Å². The molecule has 1 aromatic rings. The van der Waals surface area contributed by atoms with Crippen LogP contribution < -0.4 is 5.73 Å². The zero-order chi connectivity index (χ0) is 12.4. The highest BCUT2D eigenvalue weighted by molar-refractivity contribution is 14.1. The summed E-state index contributed by atoms with van der Waals surface area (Å²) in [5.41, 5.74) is 6.63. The van der Waals surface area contributed by atoms with Crippen LogP contribution in [0.3, 0.4) is 0 Å². The molecule has 17 heavy (non-hydrogen) atoms. The van der Waals surface area contributed by atoms with E-state index in [1.165, 1.54) is 0 Å². The quantitative estimate of drug-likeness (QED) is 0.726. The van der Waals surface area contributed by atoms with E-state index in [9.17, 15) is 4.79 Å². The number of carbonyl (C=O) groups excluding carboxylic acids is 1. The Morgan fingerprint density at radius 3 is 3.00 bits per heavy atom. The summed E-state index contributed by atoms with van der Waals surface area (Å²) in [7, 11) is 0. The van der Waals surface area contributed by atoms with Gasteiger partial charge in [0.2, 0.25) is 0 Å². The van der Waals surface area contributed by atoms with Gasteiger partial charge in [0.25, 0.3) is 5.91 Å². The first-order valence-corrected chi connectivity index (χ1v) is 7.45. The Kier molecular flexibility index (Phi) is 4.43. The van der Waals surface area contributed by atoms with E-state index in [0.29, 0.717) is 6.54 Å². The van der Waals surface area contributed by atoms with Gasteiger partial charge in [0, 0.05) is 27.2 Å². The molecule has 2 N–H and O–H groups in total. The maximum absolute atomic E-state index is 12.4. The first-order valence-electron chi connectivity index (χ1n) is 5.58. The van der Waals surface area contributed by atoms with Crippen LogP contribution in [0.15, 0.2) is 22.7 Å². The average Bonchev–Trinajstić information content (AvgIpc) is 2.31. The first-order chi connectivity index (χ1) is 8.08. The van der Waals surface area contributed by atoms with Gasteiger partial charge < -0.3 is 10.6 Å². The SMILES string of the molecule is NC1CCCN(C(=O)c2cc(I)ccc2Br)C1. The van der Waals surface area contributed by atoms with Crippen molar-refractivity contribution in [2.45, 2.75) is 18.9 Å². The van der Waals surface area contributed by atoms with Crippen molar-refractivity contribution in [2.75, 3.05) is 13.1 Å². The van der Waals surface area contributed by atoms with Crippen LogP contribution in [0.2, 0.25) is 0 Å². The molecule has 1 atom stereocenters. The number of hydrogen-bond acceptors (Lipinski definition) is 2. The van der Waals surface area contributed by atoms with Crippen LogP contribution in [0.5, 0.6) is 0 Å². The van der Waals surface area contributed by atoms with Crippen LogP contribution in [-0.2, 0) is 0 Å². The zero-order valence-corrected chi connectivity index (χ0v) is 13.1. The largest absolute Gasteiger partial charge is 0.337 e. The molecule has 1 aliphatic rings. The molecular formula is C12H14BrIN2O. The highest BCUT2D eigenvalue weighted by atomic mass is 127. The van der Waals surface area contributed by atoms with Crippen molar-refractivity contribution in [3.05, 3.63) is 31.8 Å². The van der Waals surface area contributed by atoms with Gasteiger partial charge in [0.05, 0.1) is 5.56 Å². The second kappa shape index (κ2) is 5.67. The Morgan fingerprint density at radius 2 is 2.29 bits per heavy atom. The standard InChI is InChI=1S/C12H14BrIN2O/c13-11-4-3-8(14)6-10(11)12(17)16-5-1-2-9(15)7-16/h3-4,6,9H,1-2,5,7,15H2. The number of hydrogen-bond donors (Lipinski definition) is 1. The van der Waals surface area contributed by atoms with Crippen molar-refractivity contribution in [3.8, 4) is 0 Å².